The summed E-state index contributed by atoms with van der Waals surface area (Å²) in [7, 11) is 1.50. The molecule has 2 saturated heterocycles. The number of allylic oxidation sites excluding steroid dienone is 4. The fraction of sp³-hybridized carbons (Fsp3) is 0.536. The van der Waals surface area contributed by atoms with Crippen LogP contribution in [0.3, 0.4) is 0 Å². The van der Waals surface area contributed by atoms with Crippen molar-refractivity contribution in [1.82, 2.24) is 20.4 Å². The number of rotatable bonds is 8. The molecule has 7 aliphatic rings. The molecule has 2 aromatic carbocycles. The van der Waals surface area contributed by atoms with E-state index in [1.165, 1.54) is 32.8 Å². The summed E-state index contributed by atoms with van der Waals surface area (Å²) in [6.45, 7) is 14.0. The molecule has 1 aliphatic carbocycles. The number of carbonyl (C=O) groups is 5. The number of aliphatic imine (C=N–C) groups is 1. The van der Waals surface area contributed by atoms with Gasteiger partial charge in [-0.25, -0.2) is 0 Å². The molecule has 1 spiro atoms. The molecule has 6 atom stereocenters. The number of ketones is 2. The first-order valence-electron chi connectivity index (χ1n) is 25.7. The van der Waals surface area contributed by atoms with Gasteiger partial charge in [0.1, 0.15) is 35.4 Å². The largest absolute Gasteiger partial charge is 0.507 e. The van der Waals surface area contributed by atoms with Gasteiger partial charge in [-0.05, 0) is 63.0 Å². The molecule has 392 valence electrons. The molecule has 2 aromatic rings. The van der Waals surface area contributed by atoms with E-state index >= 15 is 0 Å². The summed E-state index contributed by atoms with van der Waals surface area (Å²) in [5.41, 5.74) is 0.909. The number of aliphatic hydroxyl groups excluding tert-OH is 2. The molecule has 17 heteroatoms. The van der Waals surface area contributed by atoms with E-state index in [0.717, 1.165) is 19.4 Å². The third kappa shape index (κ3) is 11.5. The molecule has 5 N–H and O–H groups in total. The number of ether oxygens (including phenoxy) is 4. The number of carbonyl (C=O) groups excluding carboxylic acids is 5. The number of phenolic OH excluding ortho intramolecular Hbond substituents is 1. The van der Waals surface area contributed by atoms with Gasteiger partial charge in [0.2, 0.25) is 11.7 Å². The monoisotopic (exact) mass is 1010 g/mol. The first kappa shape index (κ1) is 53.2. The number of Topliss-reactive ketones (excluding diaryl/α,β-unsaturated/α-hetero) is 2. The van der Waals surface area contributed by atoms with Gasteiger partial charge in [0.25, 0.3) is 11.7 Å². The van der Waals surface area contributed by atoms with Crippen molar-refractivity contribution in [3.8, 4) is 11.5 Å². The highest BCUT2D eigenvalue weighted by Gasteiger charge is 2.54. The Morgan fingerprint density at radius 2 is 1.66 bits per heavy atom. The third-order valence-electron chi connectivity index (χ3n) is 15.1. The predicted molar refractivity (Wildman–Crippen MR) is 272 cm³/mol. The molecule has 73 heavy (non-hydrogen) atoms. The van der Waals surface area contributed by atoms with E-state index in [0.29, 0.717) is 50.9 Å². The molecule has 9 rings (SSSR count). The molecule has 6 heterocycles. The molecular formula is C56H71N5O12. The molecular weight excluding hydrogens is 935 g/mol. The van der Waals surface area contributed by atoms with Crippen molar-refractivity contribution in [2.45, 2.75) is 129 Å². The molecule has 5 bridgehead atoms. The molecule has 2 amide bonds. The summed E-state index contributed by atoms with van der Waals surface area (Å²) in [5.74, 6) is -5.75. The van der Waals surface area contributed by atoms with Gasteiger partial charge in [-0.2, -0.15) is 0 Å². The van der Waals surface area contributed by atoms with Crippen molar-refractivity contribution in [3.63, 3.8) is 0 Å². The van der Waals surface area contributed by atoms with Crippen LogP contribution in [0.15, 0.2) is 82.9 Å². The van der Waals surface area contributed by atoms with Crippen LogP contribution >= 0.6 is 0 Å². The van der Waals surface area contributed by atoms with Gasteiger partial charge < -0.3 is 54.7 Å². The summed E-state index contributed by atoms with van der Waals surface area (Å²) >= 11 is 0. The predicted octanol–water partition coefficient (Wildman–Crippen LogP) is 5.90. The van der Waals surface area contributed by atoms with Gasteiger partial charge in [0.15, 0.2) is 0 Å². The van der Waals surface area contributed by atoms with Gasteiger partial charge in [-0.1, -0.05) is 69.3 Å². The van der Waals surface area contributed by atoms with Crippen LogP contribution < -0.4 is 15.4 Å². The fourth-order valence-electron chi connectivity index (χ4n) is 10.9. The fourth-order valence-corrected chi connectivity index (χ4v) is 10.9. The maximum atomic E-state index is 14.9. The minimum atomic E-state index is -2.00. The number of hydrogen-bond acceptors (Lipinski definition) is 15. The number of likely N-dealkylation sites (tertiary alicyclic amines) is 2. The van der Waals surface area contributed by atoms with Crippen molar-refractivity contribution in [3.05, 3.63) is 106 Å². The van der Waals surface area contributed by atoms with E-state index < -0.39 is 77.2 Å². The average Bonchev–Trinajstić information content (AvgIpc) is 3.85. The number of nitrogens with one attached hydrogen (secondary N) is 2. The number of hydrogen-bond donors (Lipinski definition) is 5. The van der Waals surface area contributed by atoms with Crippen LogP contribution in [-0.2, 0) is 28.6 Å². The Labute approximate surface area is 427 Å². The van der Waals surface area contributed by atoms with Gasteiger partial charge in [0, 0.05) is 94.6 Å². The third-order valence-corrected chi connectivity index (χ3v) is 15.1. The normalized spacial score (nSPS) is 28.6. The first-order chi connectivity index (χ1) is 34.8. The quantitative estimate of drug-likeness (QED) is 0.153. The molecule has 4 unspecified atom stereocenters. The number of phenols is 1. The average molecular weight is 1010 g/mol. The van der Waals surface area contributed by atoms with E-state index in [1.807, 2.05) is 18.2 Å². The number of amides is 2. The van der Waals surface area contributed by atoms with Crippen molar-refractivity contribution < 1.29 is 58.2 Å². The lowest BCUT2D eigenvalue weighted by Gasteiger charge is -2.38. The van der Waals surface area contributed by atoms with Crippen LogP contribution in [0, 0.1) is 24.7 Å². The molecule has 6 aliphatic heterocycles. The zero-order chi connectivity index (χ0) is 52.4. The van der Waals surface area contributed by atoms with E-state index in [4.69, 9.17) is 23.9 Å². The first-order valence-corrected chi connectivity index (χ1v) is 25.7. The summed E-state index contributed by atoms with van der Waals surface area (Å²) in [5, 5.41) is 40.9. The van der Waals surface area contributed by atoms with Crippen LogP contribution in [0.4, 0.5) is 0 Å². The highest BCUT2D eigenvalue weighted by molar-refractivity contribution is 6.34. The summed E-state index contributed by atoms with van der Waals surface area (Å²) < 4.78 is 24.1. The zero-order valence-electron chi connectivity index (χ0n) is 43.1. The minimum Gasteiger partial charge on any atom is -0.507 e. The van der Waals surface area contributed by atoms with Crippen molar-refractivity contribution in [2.75, 3.05) is 46.4 Å². The maximum Gasteiger partial charge on any atom is 0.315 e. The number of piperidine rings is 2. The van der Waals surface area contributed by atoms with E-state index in [1.54, 1.807) is 43.1 Å². The molecule has 0 aromatic heterocycles. The van der Waals surface area contributed by atoms with Crippen LogP contribution in [0.25, 0.3) is 0 Å². The second-order valence-electron chi connectivity index (χ2n) is 21.2. The Morgan fingerprint density at radius 3 is 2.34 bits per heavy atom. The highest BCUT2D eigenvalue weighted by Crippen LogP contribution is 2.50. The smallest absolute Gasteiger partial charge is 0.315 e. The van der Waals surface area contributed by atoms with E-state index in [-0.39, 0.29) is 82.5 Å². The topological polar surface area (TPSA) is 226 Å². The number of aliphatic hydroxyl groups is 2. The number of nitrogens with zero attached hydrogens (tertiary/aromatic N) is 3. The second-order valence-corrected chi connectivity index (χ2v) is 21.2. The van der Waals surface area contributed by atoms with Crippen molar-refractivity contribution in [1.29, 1.82) is 0 Å². The maximum absolute atomic E-state index is 14.9. The Morgan fingerprint density at radius 1 is 0.945 bits per heavy atom. The lowest BCUT2D eigenvalue weighted by molar-refractivity contribution is -0.155. The molecule has 0 radical (unpaired) electrons. The Hall–Kier alpha value is -6.14. The lowest BCUT2D eigenvalue weighted by Crippen LogP contribution is -2.50. The van der Waals surface area contributed by atoms with Crippen molar-refractivity contribution in [2.24, 2.45) is 22.7 Å². The van der Waals surface area contributed by atoms with Gasteiger partial charge in [0.05, 0.1) is 47.6 Å². The second kappa shape index (κ2) is 22.1. The van der Waals surface area contributed by atoms with Crippen LogP contribution in [0.5, 0.6) is 11.5 Å². The Balaban J connectivity index is 1.10. The number of aromatic hydroxyl groups is 1. The van der Waals surface area contributed by atoms with Crippen LogP contribution in [-0.4, -0.2) is 136 Å². The van der Waals surface area contributed by atoms with Gasteiger partial charge >= 0.3 is 11.8 Å². The Kier molecular flexibility index (Phi) is 16.1. The lowest BCUT2D eigenvalue weighted by atomic mass is 9.82. The number of methoxy groups -OCH3 is 1. The zero-order valence-corrected chi connectivity index (χ0v) is 43.1. The minimum absolute atomic E-state index is 0.00349. The number of benzene rings is 2. The number of fused-ring (bicyclic) bond motifs is 13. The highest BCUT2D eigenvalue weighted by atomic mass is 16.7. The van der Waals surface area contributed by atoms with Crippen LogP contribution in [0.2, 0.25) is 0 Å². The van der Waals surface area contributed by atoms with Crippen molar-refractivity contribution >= 4 is 35.1 Å². The number of esters is 1. The summed E-state index contributed by atoms with van der Waals surface area (Å²) in [6.07, 6.45) is 6.70. The Bertz CT molecular complexity index is 2620. The molecule has 0 saturated carbocycles. The summed E-state index contributed by atoms with van der Waals surface area (Å²) in [4.78, 5) is 80.0. The van der Waals surface area contributed by atoms with Gasteiger partial charge in [-0.3, -0.25) is 29.0 Å². The molecule has 2 fully saturated rings. The standard InChI is InChI=1S/C56H71N5O12/c1-32(2)30-60-23-19-56(20-24-60)58-47-44-45-50(66)35(5)52-46(44)53(68)55(6,73-52)71-25-18-36(31-70-7)26-40(72-43(65)29-42(64)61-21-16-38(17-22-61)37-14-9-8-10-15-37)27-39(62)28-41(63)33(3)12-11-13-34(4)54(69)57-49(51(45)67)48(47)59-56/h8-15,18,25,32-33,36,38-41,59,62-63,66H,16-17,19-24,26-31H2,1-7H3,(H,57,69)/b12-11+,25-18+,34-13-/t33?,36?,39?,40-,41-,55?/m1/s1. The van der Waals surface area contributed by atoms with Gasteiger partial charge in [-0.15, -0.1) is 0 Å². The van der Waals surface area contributed by atoms with Crippen LogP contribution in [0.1, 0.15) is 129 Å². The molecule has 17 nitrogen and oxygen atoms in total. The van der Waals surface area contributed by atoms with E-state index in [2.05, 4.69) is 41.5 Å². The van der Waals surface area contributed by atoms with E-state index in [9.17, 15) is 39.3 Å². The summed E-state index contributed by atoms with van der Waals surface area (Å²) in [6, 6.07) is 10.1. The SMILES string of the molecule is COCC1/C=C/OC2(C)Oc3c(C)c(O)c4c(c3C2=O)C2=NC3(CCN(CC(C)C)CC3)NC2=C(NC(=O)/C(C)=C\C=C\C(C)[C@H](O)CC(O)C[C@H](OC(=O)CC(=O)N2CCC(c3ccccc3)CC2)C1)C4=O.